The van der Waals surface area contributed by atoms with Gasteiger partial charge in [-0.15, -0.1) is 0 Å². The van der Waals surface area contributed by atoms with E-state index in [4.69, 9.17) is 28.2 Å². The van der Waals surface area contributed by atoms with E-state index in [9.17, 15) is 10.1 Å². The van der Waals surface area contributed by atoms with Gasteiger partial charge in [-0.25, -0.2) is 4.98 Å². The number of aromatic nitrogens is 1. The summed E-state index contributed by atoms with van der Waals surface area (Å²) in [5.74, 6) is 0.147. The molecule has 2 aromatic carbocycles. The summed E-state index contributed by atoms with van der Waals surface area (Å²) in [6, 6.07) is 16.7. The molecular weight excluding hydrogens is 449 g/mol. The summed E-state index contributed by atoms with van der Waals surface area (Å²) in [6.07, 6.45) is 0.785. The second-order valence-electron chi connectivity index (χ2n) is 7.39. The highest BCUT2D eigenvalue weighted by atomic mass is 35.5. The minimum atomic E-state index is -0.0379. The molecular formula is C24H19Cl2N3OS. The molecule has 0 radical (unpaired) electrons. The normalized spacial score (nSPS) is 13.5. The molecule has 0 atom stereocenters. The van der Waals surface area contributed by atoms with Crippen LogP contribution in [-0.2, 0) is 13.0 Å². The number of carbonyl (C=O) groups excluding carboxylic acids is 1. The number of fused-ring (bicyclic) bond motifs is 1. The molecule has 1 aliphatic rings. The molecule has 0 aliphatic carbocycles. The number of ketones is 1. The van der Waals surface area contributed by atoms with Crippen molar-refractivity contribution in [1.29, 1.82) is 5.26 Å². The van der Waals surface area contributed by atoms with Gasteiger partial charge in [0, 0.05) is 51.9 Å². The fraction of sp³-hybridized carbons (Fsp3) is 0.208. The number of Topliss-reactive ketones (excluding diaryl/α,β-unsaturated/α-hetero) is 1. The number of nitriles is 1. The van der Waals surface area contributed by atoms with Gasteiger partial charge in [-0.2, -0.15) is 5.26 Å². The zero-order valence-corrected chi connectivity index (χ0v) is 19.2. The van der Waals surface area contributed by atoms with Crippen molar-refractivity contribution in [1.82, 2.24) is 9.88 Å². The van der Waals surface area contributed by atoms with E-state index in [2.05, 4.69) is 18.0 Å². The molecule has 156 valence electrons. The van der Waals surface area contributed by atoms with Crippen LogP contribution in [0.2, 0.25) is 10.0 Å². The molecule has 1 aromatic heterocycles. The molecule has 31 heavy (non-hydrogen) atoms. The zero-order chi connectivity index (χ0) is 22.0. The molecule has 0 fully saturated rings. The molecule has 0 unspecified atom stereocenters. The largest absolute Gasteiger partial charge is 0.302 e. The second-order valence-corrected chi connectivity index (χ2v) is 9.20. The van der Waals surface area contributed by atoms with Crippen LogP contribution in [0.25, 0.3) is 11.1 Å². The van der Waals surface area contributed by atoms with Crippen molar-refractivity contribution in [3.8, 4) is 17.2 Å². The molecule has 0 amide bonds. The van der Waals surface area contributed by atoms with Crippen LogP contribution in [-0.4, -0.2) is 35.0 Å². The quantitative estimate of drug-likeness (QED) is 0.345. The third-order valence-electron chi connectivity index (χ3n) is 5.27. The molecule has 1 aliphatic heterocycles. The Bertz CT molecular complexity index is 1190. The summed E-state index contributed by atoms with van der Waals surface area (Å²) in [6.45, 7) is 1.59. The Labute approximate surface area is 195 Å². The highest BCUT2D eigenvalue weighted by Crippen LogP contribution is 2.39. The Morgan fingerprint density at radius 1 is 1.19 bits per heavy atom. The Morgan fingerprint density at radius 3 is 2.65 bits per heavy atom. The van der Waals surface area contributed by atoms with E-state index in [0.29, 0.717) is 32.7 Å². The van der Waals surface area contributed by atoms with Gasteiger partial charge in [0.2, 0.25) is 0 Å². The number of halogens is 2. The van der Waals surface area contributed by atoms with Gasteiger partial charge in [-0.3, -0.25) is 4.79 Å². The number of carbonyl (C=O) groups is 1. The fourth-order valence-electron chi connectivity index (χ4n) is 3.69. The molecule has 3 aromatic rings. The zero-order valence-electron chi connectivity index (χ0n) is 16.9. The number of nitrogens with zero attached hydrogens (tertiary/aromatic N) is 3. The van der Waals surface area contributed by atoms with Crippen LogP contribution in [0.15, 0.2) is 53.6 Å². The topological polar surface area (TPSA) is 57.0 Å². The second kappa shape index (κ2) is 9.42. The Morgan fingerprint density at radius 2 is 1.94 bits per heavy atom. The summed E-state index contributed by atoms with van der Waals surface area (Å²) < 4.78 is 0. The van der Waals surface area contributed by atoms with Crippen LogP contribution < -0.4 is 0 Å². The number of benzene rings is 2. The maximum absolute atomic E-state index is 12.7. The number of likely N-dealkylation sites (N-methyl/N-ethyl adjacent to an activating group) is 1. The SMILES string of the molecule is CN1CCc2nc(SCC(=O)c3ccc(Cl)cc3)c(C#N)c(-c3ccccc3Cl)c2C1. The van der Waals surface area contributed by atoms with Gasteiger partial charge in [0.25, 0.3) is 0 Å². The Kier molecular flexibility index (Phi) is 6.64. The van der Waals surface area contributed by atoms with Crippen LogP contribution in [0.1, 0.15) is 27.2 Å². The lowest BCUT2D eigenvalue weighted by molar-refractivity contribution is 0.102. The first kappa shape index (κ1) is 21.9. The maximum Gasteiger partial charge on any atom is 0.173 e. The molecule has 7 heteroatoms. The predicted octanol–water partition coefficient (Wildman–Crippen LogP) is 5.89. The minimum absolute atomic E-state index is 0.0379. The first-order chi connectivity index (χ1) is 15.0. The third-order valence-corrected chi connectivity index (χ3v) is 6.83. The van der Waals surface area contributed by atoms with Crippen molar-refractivity contribution in [2.45, 2.75) is 18.0 Å². The summed E-state index contributed by atoms with van der Waals surface area (Å²) in [5.41, 5.74) is 4.70. The van der Waals surface area contributed by atoms with Crippen molar-refractivity contribution in [2.75, 3.05) is 19.3 Å². The molecule has 0 N–H and O–H groups in total. The molecule has 0 spiro atoms. The molecule has 0 saturated carbocycles. The van der Waals surface area contributed by atoms with Crippen molar-refractivity contribution in [3.63, 3.8) is 0 Å². The summed E-state index contributed by atoms with van der Waals surface area (Å²) in [7, 11) is 2.05. The van der Waals surface area contributed by atoms with Gasteiger partial charge < -0.3 is 4.90 Å². The van der Waals surface area contributed by atoms with E-state index in [-0.39, 0.29) is 11.5 Å². The third kappa shape index (κ3) is 4.63. The van der Waals surface area contributed by atoms with Crippen LogP contribution in [0, 0.1) is 11.3 Å². The lowest BCUT2D eigenvalue weighted by Gasteiger charge is -2.28. The Balaban J connectivity index is 1.76. The van der Waals surface area contributed by atoms with Gasteiger partial charge in [0.1, 0.15) is 11.1 Å². The first-order valence-electron chi connectivity index (χ1n) is 9.78. The monoisotopic (exact) mass is 467 g/mol. The average molecular weight is 468 g/mol. The molecule has 0 bridgehead atoms. The summed E-state index contributed by atoms with van der Waals surface area (Å²) in [4.78, 5) is 19.7. The molecule has 2 heterocycles. The molecule has 0 saturated heterocycles. The van der Waals surface area contributed by atoms with Gasteiger partial charge in [-0.05, 0) is 42.9 Å². The maximum atomic E-state index is 12.7. The highest BCUT2D eigenvalue weighted by Gasteiger charge is 2.26. The van der Waals surface area contributed by atoms with Crippen LogP contribution in [0.4, 0.5) is 0 Å². The van der Waals surface area contributed by atoms with E-state index in [1.165, 1.54) is 11.8 Å². The standard InChI is InChI=1S/C24H19Cl2N3OS/c1-29-11-10-21-19(13-29)23(17-4-2-3-5-20(17)26)18(12-27)24(28-21)31-14-22(30)15-6-8-16(25)9-7-15/h2-9H,10-11,13-14H2,1H3. The van der Waals surface area contributed by atoms with Gasteiger partial charge >= 0.3 is 0 Å². The Hall–Kier alpha value is -2.36. The van der Waals surface area contributed by atoms with Gasteiger partial charge in [0.05, 0.1) is 11.3 Å². The lowest BCUT2D eigenvalue weighted by atomic mass is 9.92. The molecule has 4 rings (SSSR count). The fourth-order valence-corrected chi connectivity index (χ4v) is 4.95. The average Bonchev–Trinajstić information content (AvgIpc) is 2.77. The lowest BCUT2D eigenvalue weighted by Crippen LogP contribution is -2.28. The van der Waals surface area contributed by atoms with E-state index < -0.39 is 0 Å². The first-order valence-corrected chi connectivity index (χ1v) is 11.5. The van der Waals surface area contributed by atoms with E-state index in [1.54, 1.807) is 24.3 Å². The van der Waals surface area contributed by atoms with Gasteiger partial charge in [-0.1, -0.05) is 53.2 Å². The van der Waals surface area contributed by atoms with Crippen molar-refractivity contribution < 1.29 is 4.79 Å². The smallest absolute Gasteiger partial charge is 0.173 e. The van der Waals surface area contributed by atoms with E-state index in [0.717, 1.165) is 35.3 Å². The predicted molar refractivity (Wildman–Crippen MR) is 126 cm³/mol. The van der Waals surface area contributed by atoms with Crippen LogP contribution >= 0.6 is 35.0 Å². The number of rotatable bonds is 5. The summed E-state index contributed by atoms with van der Waals surface area (Å²) >= 11 is 13.7. The minimum Gasteiger partial charge on any atom is -0.302 e. The van der Waals surface area contributed by atoms with Crippen molar-refractivity contribution >= 4 is 40.7 Å². The van der Waals surface area contributed by atoms with E-state index in [1.807, 2.05) is 24.3 Å². The van der Waals surface area contributed by atoms with Gasteiger partial charge in [0.15, 0.2) is 5.78 Å². The summed E-state index contributed by atoms with van der Waals surface area (Å²) in [5, 5.41) is 11.8. The molecule has 4 nitrogen and oxygen atoms in total. The highest BCUT2D eigenvalue weighted by molar-refractivity contribution is 8.00. The van der Waals surface area contributed by atoms with Crippen molar-refractivity contribution in [2.24, 2.45) is 0 Å². The van der Waals surface area contributed by atoms with Crippen LogP contribution in [0.3, 0.4) is 0 Å². The van der Waals surface area contributed by atoms with E-state index >= 15 is 0 Å². The number of hydrogen-bond donors (Lipinski definition) is 0. The number of pyridine rings is 1. The van der Waals surface area contributed by atoms with Crippen molar-refractivity contribution in [3.05, 3.63) is 81.0 Å². The van der Waals surface area contributed by atoms with Crippen LogP contribution in [0.5, 0.6) is 0 Å². The number of hydrogen-bond acceptors (Lipinski definition) is 5. The number of thioether (sulfide) groups is 1.